The maximum Gasteiger partial charge on any atom is 0.269 e. The van der Waals surface area contributed by atoms with E-state index in [4.69, 9.17) is 15.2 Å². The molecular weight excluding hydrogens is 340 g/mol. The zero-order valence-corrected chi connectivity index (χ0v) is 13.5. The van der Waals surface area contributed by atoms with Crippen LogP contribution in [0, 0.1) is 10.1 Å². The van der Waals surface area contributed by atoms with E-state index in [2.05, 4.69) is 10.2 Å². The van der Waals surface area contributed by atoms with Crippen LogP contribution in [0.2, 0.25) is 0 Å². The molecule has 0 saturated heterocycles. The van der Waals surface area contributed by atoms with Crippen LogP contribution < -0.4 is 15.2 Å². The topological polar surface area (TPSA) is 129 Å². The zero-order chi connectivity index (χ0) is 18.3. The summed E-state index contributed by atoms with van der Waals surface area (Å²) in [6.07, 6.45) is 0.300. The number of carbonyl (C=O) groups is 1. The van der Waals surface area contributed by atoms with Gasteiger partial charge in [-0.1, -0.05) is 0 Å². The summed E-state index contributed by atoms with van der Waals surface area (Å²) in [5.41, 5.74) is 7.75. The molecule has 0 saturated carbocycles. The van der Waals surface area contributed by atoms with Crippen LogP contribution in [-0.2, 0) is 11.2 Å². The summed E-state index contributed by atoms with van der Waals surface area (Å²) >= 11 is 0. The Kier molecular flexibility index (Phi) is 3.76. The highest BCUT2D eigenvalue weighted by molar-refractivity contribution is 5.80. The summed E-state index contributed by atoms with van der Waals surface area (Å²) in [4.78, 5) is 22.1. The Bertz CT molecular complexity index is 925. The molecule has 0 bridgehead atoms. The van der Waals surface area contributed by atoms with E-state index in [-0.39, 0.29) is 12.5 Å². The smallest absolute Gasteiger partial charge is 0.269 e. The van der Waals surface area contributed by atoms with Gasteiger partial charge in [-0.05, 0) is 41.0 Å². The first-order chi connectivity index (χ1) is 12.5. The van der Waals surface area contributed by atoms with Crippen molar-refractivity contribution in [2.24, 2.45) is 16.0 Å². The molecule has 2 aliphatic heterocycles. The van der Waals surface area contributed by atoms with Gasteiger partial charge in [0.2, 0.25) is 12.7 Å². The van der Waals surface area contributed by atoms with Crippen LogP contribution in [0.3, 0.4) is 0 Å². The number of fused-ring (bicyclic) bond motifs is 2. The maximum atomic E-state index is 11.7. The van der Waals surface area contributed by atoms with Crippen molar-refractivity contribution in [3.63, 3.8) is 0 Å². The van der Waals surface area contributed by atoms with Gasteiger partial charge in [0.05, 0.1) is 4.92 Å². The van der Waals surface area contributed by atoms with Crippen molar-refractivity contribution in [3.8, 4) is 11.5 Å². The van der Waals surface area contributed by atoms with E-state index >= 15 is 0 Å². The van der Waals surface area contributed by atoms with Gasteiger partial charge >= 0.3 is 0 Å². The van der Waals surface area contributed by atoms with Crippen LogP contribution in [0.4, 0.5) is 5.69 Å². The normalized spacial score (nSPS) is 20.3. The first-order valence-electron chi connectivity index (χ1n) is 7.89. The van der Waals surface area contributed by atoms with Crippen LogP contribution in [0.25, 0.3) is 0 Å². The average Bonchev–Trinajstić information content (AvgIpc) is 2.99. The van der Waals surface area contributed by atoms with Crippen molar-refractivity contribution < 1.29 is 19.2 Å². The van der Waals surface area contributed by atoms with Crippen LogP contribution >= 0.6 is 0 Å². The Balaban J connectivity index is 1.82. The second-order valence-corrected chi connectivity index (χ2v) is 6.01. The number of primary amides is 1. The Hall–Kier alpha value is -3.49. The van der Waals surface area contributed by atoms with E-state index in [1.165, 1.54) is 12.1 Å². The number of hydrogen-bond donors (Lipinski definition) is 1. The molecule has 2 aliphatic rings. The SMILES string of the molecule is NC(=O)C1Cc2cc3c(cc2C(c2ccc([N+](=O)[O-])cc2)N=N1)OCO3. The molecule has 9 heteroatoms. The third-order valence-electron chi connectivity index (χ3n) is 4.41. The number of benzene rings is 2. The van der Waals surface area contributed by atoms with Gasteiger partial charge in [-0.25, -0.2) is 0 Å². The summed E-state index contributed by atoms with van der Waals surface area (Å²) in [7, 11) is 0. The summed E-state index contributed by atoms with van der Waals surface area (Å²) in [5.74, 6) is 0.612. The van der Waals surface area contributed by atoms with E-state index in [1.54, 1.807) is 12.1 Å². The van der Waals surface area contributed by atoms with Gasteiger partial charge in [0, 0.05) is 18.6 Å². The number of nitro groups is 1. The molecule has 2 unspecified atom stereocenters. The van der Waals surface area contributed by atoms with Gasteiger partial charge in [-0.15, -0.1) is 0 Å². The molecule has 9 nitrogen and oxygen atoms in total. The van der Waals surface area contributed by atoms with Crippen molar-refractivity contribution in [1.82, 2.24) is 0 Å². The summed E-state index contributed by atoms with van der Waals surface area (Å²) in [6, 6.07) is 8.39. The number of rotatable bonds is 3. The second-order valence-electron chi connectivity index (χ2n) is 6.01. The van der Waals surface area contributed by atoms with Crippen LogP contribution in [-0.4, -0.2) is 23.7 Å². The van der Waals surface area contributed by atoms with Crippen molar-refractivity contribution in [2.75, 3.05) is 6.79 Å². The quantitative estimate of drug-likeness (QED) is 0.667. The molecule has 4 rings (SSSR count). The lowest BCUT2D eigenvalue weighted by molar-refractivity contribution is -0.384. The minimum Gasteiger partial charge on any atom is -0.454 e. The second kappa shape index (κ2) is 6.10. The van der Waals surface area contributed by atoms with Gasteiger partial charge in [0.25, 0.3) is 5.69 Å². The third kappa shape index (κ3) is 2.73. The first-order valence-corrected chi connectivity index (χ1v) is 7.89. The fourth-order valence-corrected chi connectivity index (χ4v) is 3.07. The standard InChI is InChI=1S/C17H14N4O5/c18-17(22)13-5-10-6-14-15(26-8-25-14)7-12(10)16(20-19-13)9-1-3-11(4-2-9)21(23)24/h1-4,6-7,13,16H,5,8H2,(H2,18,22). The zero-order valence-electron chi connectivity index (χ0n) is 13.5. The largest absolute Gasteiger partial charge is 0.454 e. The summed E-state index contributed by atoms with van der Waals surface area (Å²) in [5, 5.41) is 19.3. The van der Waals surface area contributed by atoms with E-state index < -0.39 is 22.9 Å². The van der Waals surface area contributed by atoms with Crippen molar-refractivity contribution >= 4 is 11.6 Å². The highest BCUT2D eigenvalue weighted by Gasteiger charge is 2.29. The fourth-order valence-electron chi connectivity index (χ4n) is 3.07. The number of nitrogens with two attached hydrogens (primary N) is 1. The highest BCUT2D eigenvalue weighted by atomic mass is 16.7. The first kappa shape index (κ1) is 16.0. The Labute approximate surface area is 147 Å². The van der Waals surface area contributed by atoms with Crippen LogP contribution in [0.5, 0.6) is 11.5 Å². The molecule has 0 aliphatic carbocycles. The lowest BCUT2D eigenvalue weighted by atomic mass is 9.92. The van der Waals surface area contributed by atoms with Crippen LogP contribution in [0.15, 0.2) is 46.6 Å². The highest BCUT2D eigenvalue weighted by Crippen LogP contribution is 2.41. The molecule has 2 aromatic rings. The minimum atomic E-state index is -0.780. The molecule has 0 fully saturated rings. The Morgan fingerprint density at radius 2 is 1.85 bits per heavy atom. The summed E-state index contributed by atoms with van der Waals surface area (Å²) < 4.78 is 10.8. The fraction of sp³-hybridized carbons (Fsp3) is 0.235. The average molecular weight is 354 g/mol. The molecule has 2 heterocycles. The summed E-state index contributed by atoms with van der Waals surface area (Å²) in [6.45, 7) is 0.126. The van der Waals surface area contributed by atoms with Gasteiger partial charge < -0.3 is 15.2 Å². The van der Waals surface area contributed by atoms with Gasteiger partial charge in [0.15, 0.2) is 17.5 Å². The Morgan fingerprint density at radius 1 is 1.15 bits per heavy atom. The molecule has 1 amide bonds. The van der Waals surface area contributed by atoms with E-state index in [1.807, 2.05) is 12.1 Å². The van der Waals surface area contributed by atoms with Gasteiger partial charge in [-0.3, -0.25) is 14.9 Å². The molecule has 2 aromatic carbocycles. The molecule has 0 spiro atoms. The van der Waals surface area contributed by atoms with Crippen molar-refractivity contribution in [1.29, 1.82) is 0 Å². The molecule has 2 atom stereocenters. The number of nitrogens with zero attached hydrogens (tertiary/aromatic N) is 3. The molecule has 2 N–H and O–H groups in total. The number of carbonyl (C=O) groups excluding carboxylic acids is 1. The monoisotopic (exact) mass is 354 g/mol. The van der Waals surface area contributed by atoms with E-state index in [9.17, 15) is 14.9 Å². The number of ether oxygens (including phenoxy) is 2. The van der Waals surface area contributed by atoms with Crippen molar-refractivity contribution in [2.45, 2.75) is 18.5 Å². The number of azo groups is 1. The molecule has 26 heavy (non-hydrogen) atoms. The predicted molar refractivity (Wildman–Crippen MR) is 89.0 cm³/mol. The number of hydrogen-bond acceptors (Lipinski definition) is 7. The molecular formula is C17H14N4O5. The predicted octanol–water partition coefficient (Wildman–Crippen LogP) is 2.28. The molecule has 0 aromatic heterocycles. The van der Waals surface area contributed by atoms with Crippen LogP contribution in [0.1, 0.15) is 22.7 Å². The van der Waals surface area contributed by atoms with E-state index in [0.717, 1.165) is 11.1 Å². The third-order valence-corrected chi connectivity index (χ3v) is 4.41. The Morgan fingerprint density at radius 3 is 2.50 bits per heavy atom. The number of non-ortho nitro benzene ring substituents is 1. The number of amides is 1. The van der Waals surface area contributed by atoms with Crippen molar-refractivity contribution in [3.05, 3.63) is 63.2 Å². The van der Waals surface area contributed by atoms with Gasteiger partial charge in [0.1, 0.15) is 6.04 Å². The van der Waals surface area contributed by atoms with E-state index in [0.29, 0.717) is 23.5 Å². The molecule has 132 valence electrons. The lowest BCUT2D eigenvalue weighted by Crippen LogP contribution is -2.28. The number of nitro benzene ring substituents is 1. The molecule has 0 radical (unpaired) electrons. The maximum absolute atomic E-state index is 11.7. The van der Waals surface area contributed by atoms with Gasteiger partial charge in [-0.2, -0.15) is 10.2 Å². The minimum absolute atomic E-state index is 0.0137. The lowest BCUT2D eigenvalue weighted by Gasteiger charge is -2.15.